The lowest BCUT2D eigenvalue weighted by Gasteiger charge is -2.32. The van der Waals surface area contributed by atoms with Crippen molar-refractivity contribution >= 4 is 25.3 Å². The molecule has 1 amide bonds. The molecule has 1 fully saturated rings. The van der Waals surface area contributed by atoms with E-state index in [1.807, 2.05) is 78.8 Å². The Balaban J connectivity index is 2.17. The van der Waals surface area contributed by atoms with E-state index in [1.165, 1.54) is 0 Å². The van der Waals surface area contributed by atoms with Crippen molar-refractivity contribution in [1.82, 2.24) is 5.32 Å². The fraction of sp³-hybridized carbons (Fsp3) is 0.583. The molecule has 0 unspecified atom stereocenters. The zero-order valence-corrected chi connectivity index (χ0v) is 20.3. The molecular formula is C24H36BNO6. The quantitative estimate of drug-likeness (QED) is 0.567. The summed E-state index contributed by atoms with van der Waals surface area (Å²) in [5.74, 6) is -0.783. The number of carboxylic acid groups (broad SMARTS) is 1. The van der Waals surface area contributed by atoms with Crippen LogP contribution in [0, 0.1) is 0 Å². The van der Waals surface area contributed by atoms with Crippen molar-refractivity contribution in [2.24, 2.45) is 0 Å². The molecular weight excluding hydrogens is 409 g/mol. The first-order chi connectivity index (χ1) is 14.7. The predicted octanol–water partition coefficient (Wildman–Crippen LogP) is 4.63. The number of aryl methyl sites for hydroxylation is 1. The molecule has 0 radical (unpaired) electrons. The van der Waals surface area contributed by atoms with Gasteiger partial charge in [-0.2, -0.15) is 0 Å². The smallest absolute Gasteiger partial charge is 0.481 e. The molecule has 1 heterocycles. The van der Waals surface area contributed by atoms with Gasteiger partial charge in [0.25, 0.3) is 0 Å². The molecule has 0 aromatic heterocycles. The first kappa shape index (κ1) is 25.9. The lowest BCUT2D eigenvalue weighted by Crippen LogP contribution is -2.41. The lowest BCUT2D eigenvalue weighted by atomic mass is 9.77. The second-order valence-corrected chi connectivity index (χ2v) is 10.2. The summed E-state index contributed by atoms with van der Waals surface area (Å²) in [7, 11) is -0.606. The maximum absolute atomic E-state index is 12.2. The summed E-state index contributed by atoms with van der Waals surface area (Å²) in [5, 5.41) is 11.6. The van der Waals surface area contributed by atoms with Crippen molar-refractivity contribution in [3.05, 3.63) is 40.9 Å². The Morgan fingerprint density at radius 2 is 1.66 bits per heavy atom. The Bertz CT molecular complexity index is 823. The number of alkyl carbamates (subject to hydrolysis) is 1. The number of amides is 1. The van der Waals surface area contributed by atoms with Crippen molar-refractivity contribution in [1.29, 1.82) is 0 Å². The van der Waals surface area contributed by atoms with Crippen LogP contribution in [0.5, 0.6) is 0 Å². The van der Waals surface area contributed by atoms with E-state index in [4.69, 9.17) is 19.2 Å². The maximum atomic E-state index is 12.2. The summed E-state index contributed by atoms with van der Waals surface area (Å²) in [6.45, 7) is 13.6. The average Bonchev–Trinajstić information content (AvgIpc) is 2.85. The number of carbonyl (C=O) groups excluding carboxylic acids is 1. The number of benzene rings is 1. The number of rotatable bonds is 8. The van der Waals surface area contributed by atoms with Gasteiger partial charge in [-0.15, -0.1) is 0 Å². The molecule has 0 spiro atoms. The number of aliphatic carboxylic acids is 1. The molecule has 1 aromatic carbocycles. The lowest BCUT2D eigenvalue weighted by molar-refractivity contribution is -0.137. The summed E-state index contributed by atoms with van der Waals surface area (Å²) >= 11 is 0. The van der Waals surface area contributed by atoms with Gasteiger partial charge in [0.05, 0.1) is 11.2 Å². The number of hydrogen-bond acceptors (Lipinski definition) is 5. The van der Waals surface area contributed by atoms with Crippen molar-refractivity contribution in [2.75, 3.05) is 6.54 Å². The highest BCUT2D eigenvalue weighted by Gasteiger charge is 2.52. The monoisotopic (exact) mass is 445 g/mol. The third-order valence-corrected chi connectivity index (χ3v) is 5.58. The second kappa shape index (κ2) is 10.1. The van der Waals surface area contributed by atoms with Crippen LogP contribution < -0.4 is 5.32 Å². The van der Waals surface area contributed by atoms with Crippen molar-refractivity contribution in [2.45, 2.75) is 84.5 Å². The first-order valence-electron chi connectivity index (χ1n) is 11.0. The topological polar surface area (TPSA) is 94.1 Å². The van der Waals surface area contributed by atoms with Gasteiger partial charge >= 0.3 is 19.2 Å². The molecule has 0 bridgehead atoms. The van der Waals surface area contributed by atoms with Gasteiger partial charge in [0.2, 0.25) is 0 Å². The summed E-state index contributed by atoms with van der Waals surface area (Å²) < 4.78 is 17.7. The van der Waals surface area contributed by atoms with E-state index in [-0.39, 0.29) is 13.0 Å². The van der Waals surface area contributed by atoms with E-state index in [0.717, 1.165) is 16.6 Å². The van der Waals surface area contributed by atoms with E-state index in [1.54, 1.807) is 0 Å². The number of carboxylic acids is 1. The van der Waals surface area contributed by atoms with Crippen LogP contribution in [0.15, 0.2) is 29.7 Å². The standard InChI is InChI=1S/C24H36BNO6/c1-22(2,3)30-21(29)26-16-19(25-31-23(4,5)24(6,7)32-25)15-18-13-11-17(12-14-18)9-8-10-20(27)28/h11-15H,8-10,16H2,1-7H3,(H,26,29)(H,27,28). The van der Waals surface area contributed by atoms with Crippen LogP contribution in [0.25, 0.3) is 6.08 Å². The molecule has 0 atom stereocenters. The summed E-state index contributed by atoms with van der Waals surface area (Å²) in [4.78, 5) is 22.9. The molecule has 8 heteroatoms. The number of carbonyl (C=O) groups is 2. The zero-order chi connectivity index (χ0) is 24.2. The summed E-state index contributed by atoms with van der Waals surface area (Å²) in [6, 6.07) is 7.90. The van der Waals surface area contributed by atoms with Crippen molar-refractivity contribution in [3.63, 3.8) is 0 Å². The Morgan fingerprint density at radius 1 is 1.09 bits per heavy atom. The number of ether oxygens (including phenoxy) is 1. The van der Waals surface area contributed by atoms with Gasteiger partial charge in [-0.3, -0.25) is 4.79 Å². The van der Waals surface area contributed by atoms with E-state index in [2.05, 4.69) is 5.32 Å². The fourth-order valence-corrected chi connectivity index (χ4v) is 3.12. The van der Waals surface area contributed by atoms with E-state index in [9.17, 15) is 9.59 Å². The molecule has 1 aliphatic heterocycles. The Hall–Kier alpha value is -2.32. The molecule has 32 heavy (non-hydrogen) atoms. The van der Waals surface area contributed by atoms with Crippen LogP contribution in [0.2, 0.25) is 0 Å². The van der Waals surface area contributed by atoms with Gasteiger partial charge in [-0.1, -0.05) is 30.3 Å². The summed E-state index contributed by atoms with van der Waals surface area (Å²) in [6.07, 6.45) is 2.91. The highest BCUT2D eigenvalue weighted by atomic mass is 16.7. The third kappa shape index (κ3) is 7.67. The minimum atomic E-state index is -0.783. The second-order valence-electron chi connectivity index (χ2n) is 10.2. The zero-order valence-electron chi connectivity index (χ0n) is 20.3. The molecule has 7 nitrogen and oxygen atoms in total. The van der Waals surface area contributed by atoms with Gasteiger partial charge in [0, 0.05) is 13.0 Å². The third-order valence-electron chi connectivity index (χ3n) is 5.58. The van der Waals surface area contributed by atoms with Crippen LogP contribution in [-0.2, 0) is 25.3 Å². The van der Waals surface area contributed by atoms with E-state index >= 15 is 0 Å². The van der Waals surface area contributed by atoms with E-state index in [0.29, 0.717) is 12.8 Å². The van der Waals surface area contributed by atoms with Crippen LogP contribution in [-0.4, -0.2) is 47.6 Å². The van der Waals surface area contributed by atoms with Gasteiger partial charge in [-0.05, 0) is 77.9 Å². The molecule has 1 aromatic rings. The van der Waals surface area contributed by atoms with Crippen molar-refractivity contribution in [3.8, 4) is 0 Å². The molecule has 0 aliphatic carbocycles. The summed E-state index contributed by atoms with van der Waals surface area (Å²) in [5.41, 5.74) is 1.19. The van der Waals surface area contributed by atoms with Crippen LogP contribution in [0.1, 0.15) is 72.4 Å². The van der Waals surface area contributed by atoms with Crippen LogP contribution >= 0.6 is 0 Å². The minimum absolute atomic E-state index is 0.157. The molecule has 2 rings (SSSR count). The average molecular weight is 445 g/mol. The van der Waals surface area contributed by atoms with E-state index < -0.39 is 36.0 Å². The largest absolute Gasteiger partial charge is 0.492 e. The predicted molar refractivity (Wildman–Crippen MR) is 125 cm³/mol. The molecule has 176 valence electrons. The molecule has 0 saturated carbocycles. The van der Waals surface area contributed by atoms with Gasteiger partial charge in [0.15, 0.2) is 0 Å². The SMILES string of the molecule is CC(C)(C)OC(=O)NCC(=Cc1ccc(CCCC(=O)O)cc1)B1OC(C)(C)C(C)(C)O1. The number of nitrogens with one attached hydrogen (secondary N) is 1. The highest BCUT2D eigenvalue weighted by Crippen LogP contribution is 2.38. The Kier molecular flexibility index (Phi) is 8.18. The minimum Gasteiger partial charge on any atom is -0.481 e. The van der Waals surface area contributed by atoms with Gasteiger partial charge in [0.1, 0.15) is 5.60 Å². The Labute approximate surface area is 191 Å². The molecule has 2 N–H and O–H groups in total. The molecule has 1 saturated heterocycles. The normalized spacial score (nSPS) is 17.8. The first-order valence-corrected chi connectivity index (χ1v) is 11.0. The highest BCUT2D eigenvalue weighted by molar-refractivity contribution is 6.56. The maximum Gasteiger partial charge on any atom is 0.492 e. The van der Waals surface area contributed by atoms with Gasteiger partial charge in [-0.25, -0.2) is 4.79 Å². The number of hydrogen-bond donors (Lipinski definition) is 2. The van der Waals surface area contributed by atoms with Crippen LogP contribution in [0.4, 0.5) is 4.79 Å². The molecule has 1 aliphatic rings. The Morgan fingerprint density at radius 3 is 2.16 bits per heavy atom. The fourth-order valence-electron chi connectivity index (χ4n) is 3.12. The van der Waals surface area contributed by atoms with Crippen molar-refractivity contribution < 1.29 is 28.7 Å². The van der Waals surface area contributed by atoms with Gasteiger partial charge < -0.3 is 24.5 Å². The van der Waals surface area contributed by atoms with Crippen LogP contribution in [0.3, 0.4) is 0 Å².